The minimum Gasteiger partial charge on any atom is -0.327 e. The predicted molar refractivity (Wildman–Crippen MR) is 70.4 cm³/mol. The van der Waals surface area contributed by atoms with Crippen LogP contribution in [0.15, 0.2) is 12.4 Å². The van der Waals surface area contributed by atoms with Crippen molar-refractivity contribution in [2.75, 3.05) is 0 Å². The highest BCUT2D eigenvalue weighted by atomic mass is 32.2. The van der Waals surface area contributed by atoms with Crippen LogP contribution in [0, 0.1) is 0 Å². The highest BCUT2D eigenvalue weighted by molar-refractivity contribution is 7.99. The van der Waals surface area contributed by atoms with Gasteiger partial charge in [0.25, 0.3) is 0 Å². The third kappa shape index (κ3) is 4.94. The molecule has 0 amide bonds. The quantitative estimate of drug-likeness (QED) is 0.828. The van der Waals surface area contributed by atoms with E-state index in [2.05, 4.69) is 30.7 Å². The molecule has 3 nitrogen and oxygen atoms in total. The molecule has 0 aliphatic carbocycles. The van der Waals surface area contributed by atoms with Crippen LogP contribution in [0.25, 0.3) is 0 Å². The molecule has 0 aliphatic heterocycles. The second-order valence-corrected chi connectivity index (χ2v) is 5.80. The smallest absolute Gasteiger partial charge is 0.138 e. The lowest BCUT2D eigenvalue weighted by molar-refractivity contribution is 0.642. The number of hydrogen-bond acceptors (Lipinski definition) is 4. The van der Waals surface area contributed by atoms with Crippen LogP contribution in [-0.4, -0.2) is 21.3 Å². The van der Waals surface area contributed by atoms with Crippen LogP contribution in [0.5, 0.6) is 0 Å². The molecule has 90 valence electrons. The molecule has 1 unspecified atom stereocenters. The van der Waals surface area contributed by atoms with Crippen LogP contribution >= 0.6 is 11.8 Å². The van der Waals surface area contributed by atoms with Crippen LogP contribution < -0.4 is 5.73 Å². The average molecular weight is 239 g/mol. The van der Waals surface area contributed by atoms with E-state index in [-0.39, 0.29) is 6.04 Å². The largest absolute Gasteiger partial charge is 0.327 e. The number of hydrogen-bond donors (Lipinski definition) is 1. The van der Waals surface area contributed by atoms with E-state index in [4.69, 9.17) is 5.73 Å². The van der Waals surface area contributed by atoms with Crippen molar-refractivity contribution in [3.8, 4) is 0 Å². The van der Waals surface area contributed by atoms with Gasteiger partial charge in [0.2, 0.25) is 0 Å². The van der Waals surface area contributed by atoms with Crippen LogP contribution in [0.3, 0.4) is 0 Å². The van der Waals surface area contributed by atoms with E-state index in [9.17, 15) is 0 Å². The summed E-state index contributed by atoms with van der Waals surface area (Å²) in [7, 11) is 0. The van der Waals surface area contributed by atoms with Gasteiger partial charge in [-0.1, -0.05) is 20.8 Å². The molecule has 4 heteroatoms. The fraction of sp³-hybridized carbons (Fsp3) is 0.667. The lowest BCUT2D eigenvalue weighted by Gasteiger charge is -2.08. The van der Waals surface area contributed by atoms with Gasteiger partial charge in [0.1, 0.15) is 5.82 Å². The van der Waals surface area contributed by atoms with Gasteiger partial charge < -0.3 is 5.73 Å². The molecular weight excluding hydrogens is 218 g/mol. The molecule has 0 spiro atoms. The van der Waals surface area contributed by atoms with Crippen molar-refractivity contribution < 1.29 is 0 Å². The Hall–Kier alpha value is -0.610. The highest BCUT2D eigenvalue weighted by Crippen LogP contribution is 2.14. The number of thioether (sulfide) groups is 1. The van der Waals surface area contributed by atoms with E-state index in [1.807, 2.05) is 24.2 Å². The molecule has 1 atom stereocenters. The predicted octanol–water partition coefficient (Wildman–Crippen LogP) is 2.40. The van der Waals surface area contributed by atoms with E-state index in [1.54, 1.807) is 0 Å². The summed E-state index contributed by atoms with van der Waals surface area (Å²) in [5.41, 5.74) is 7.01. The molecule has 0 aliphatic rings. The molecule has 1 rings (SSSR count). The van der Waals surface area contributed by atoms with Crippen LogP contribution in [-0.2, 0) is 12.2 Å². The molecule has 1 aromatic rings. The maximum absolute atomic E-state index is 5.88. The Labute approximate surface area is 102 Å². The zero-order valence-corrected chi connectivity index (χ0v) is 11.1. The zero-order valence-electron chi connectivity index (χ0n) is 10.3. The van der Waals surface area contributed by atoms with E-state index in [1.165, 1.54) is 0 Å². The number of nitrogens with two attached hydrogens (primary N) is 1. The first-order valence-corrected chi connectivity index (χ1v) is 6.83. The summed E-state index contributed by atoms with van der Waals surface area (Å²) in [6.45, 7) is 6.46. The fourth-order valence-electron chi connectivity index (χ4n) is 1.25. The van der Waals surface area contributed by atoms with Gasteiger partial charge in [-0.05, 0) is 23.7 Å². The van der Waals surface area contributed by atoms with Gasteiger partial charge in [-0.25, -0.2) is 9.97 Å². The first-order chi connectivity index (χ1) is 7.61. The summed E-state index contributed by atoms with van der Waals surface area (Å²) in [6.07, 6.45) is 5.66. The zero-order chi connectivity index (χ0) is 12.0. The molecule has 0 radical (unpaired) electrons. The summed E-state index contributed by atoms with van der Waals surface area (Å²) in [5, 5.41) is 0.622. The topological polar surface area (TPSA) is 51.8 Å². The molecule has 0 aromatic carbocycles. The first kappa shape index (κ1) is 13.5. The molecular formula is C12H21N3S. The summed E-state index contributed by atoms with van der Waals surface area (Å²) < 4.78 is 0. The van der Waals surface area contributed by atoms with Crippen molar-refractivity contribution in [1.82, 2.24) is 9.97 Å². The molecule has 16 heavy (non-hydrogen) atoms. The van der Waals surface area contributed by atoms with Gasteiger partial charge in [-0.15, -0.1) is 0 Å². The molecule has 0 saturated heterocycles. The second kappa shape index (κ2) is 6.86. The molecule has 0 saturated carbocycles. The third-order valence-electron chi connectivity index (χ3n) is 2.33. The Morgan fingerprint density at radius 3 is 2.44 bits per heavy atom. The molecule has 0 bridgehead atoms. The minimum absolute atomic E-state index is 0.222. The molecule has 2 N–H and O–H groups in total. The van der Waals surface area contributed by atoms with Crippen molar-refractivity contribution >= 4 is 11.8 Å². The standard InChI is InChI=1S/C12H21N3S/c1-4-11(13)5-10-6-14-12(15-7-10)8-16-9(2)3/h6-7,9,11H,4-5,8,13H2,1-3H3. The Morgan fingerprint density at radius 2 is 1.94 bits per heavy atom. The molecule has 1 heterocycles. The maximum atomic E-state index is 5.88. The number of aromatic nitrogens is 2. The monoisotopic (exact) mass is 239 g/mol. The molecule has 1 aromatic heterocycles. The van der Waals surface area contributed by atoms with E-state index >= 15 is 0 Å². The SMILES string of the molecule is CCC(N)Cc1cnc(CSC(C)C)nc1. The van der Waals surface area contributed by atoms with Crippen molar-refractivity contribution in [3.05, 3.63) is 23.8 Å². The lowest BCUT2D eigenvalue weighted by atomic mass is 10.1. The first-order valence-electron chi connectivity index (χ1n) is 5.78. The second-order valence-electron chi connectivity index (χ2n) is 4.24. The highest BCUT2D eigenvalue weighted by Gasteiger charge is 2.04. The summed E-state index contributed by atoms with van der Waals surface area (Å²) in [4.78, 5) is 8.70. The Morgan fingerprint density at radius 1 is 1.31 bits per heavy atom. The maximum Gasteiger partial charge on any atom is 0.138 e. The Balaban J connectivity index is 2.47. The van der Waals surface area contributed by atoms with Crippen LogP contribution in [0.1, 0.15) is 38.6 Å². The van der Waals surface area contributed by atoms with E-state index in [0.29, 0.717) is 5.25 Å². The minimum atomic E-state index is 0.222. The van der Waals surface area contributed by atoms with Gasteiger partial charge >= 0.3 is 0 Å². The van der Waals surface area contributed by atoms with Gasteiger partial charge in [-0.3, -0.25) is 0 Å². The average Bonchev–Trinajstić information content (AvgIpc) is 2.28. The van der Waals surface area contributed by atoms with Gasteiger partial charge in [0.15, 0.2) is 0 Å². The summed E-state index contributed by atoms with van der Waals surface area (Å²) in [6, 6.07) is 0.222. The van der Waals surface area contributed by atoms with E-state index < -0.39 is 0 Å². The van der Waals surface area contributed by atoms with Crippen molar-refractivity contribution in [2.24, 2.45) is 5.73 Å². The fourth-order valence-corrected chi connectivity index (χ4v) is 1.88. The molecule has 0 fully saturated rings. The van der Waals surface area contributed by atoms with Crippen molar-refractivity contribution in [1.29, 1.82) is 0 Å². The van der Waals surface area contributed by atoms with Crippen molar-refractivity contribution in [3.63, 3.8) is 0 Å². The van der Waals surface area contributed by atoms with E-state index in [0.717, 1.165) is 30.0 Å². The number of rotatable bonds is 6. The van der Waals surface area contributed by atoms with Gasteiger partial charge in [-0.2, -0.15) is 11.8 Å². The third-order valence-corrected chi connectivity index (χ3v) is 3.42. The van der Waals surface area contributed by atoms with Crippen LogP contribution in [0.2, 0.25) is 0 Å². The summed E-state index contributed by atoms with van der Waals surface area (Å²) in [5.74, 6) is 1.80. The Bertz CT molecular complexity index is 298. The van der Waals surface area contributed by atoms with Gasteiger partial charge in [0.05, 0.1) is 5.75 Å². The van der Waals surface area contributed by atoms with Crippen molar-refractivity contribution in [2.45, 2.75) is 50.7 Å². The normalized spacial score (nSPS) is 13.1. The van der Waals surface area contributed by atoms with Crippen LogP contribution in [0.4, 0.5) is 0 Å². The summed E-state index contributed by atoms with van der Waals surface area (Å²) >= 11 is 1.86. The lowest BCUT2D eigenvalue weighted by Crippen LogP contribution is -2.21. The number of nitrogens with zero attached hydrogens (tertiary/aromatic N) is 2. The van der Waals surface area contributed by atoms with Gasteiger partial charge in [0, 0.05) is 18.4 Å². The Kier molecular flexibility index (Phi) is 5.77.